The highest BCUT2D eigenvalue weighted by atomic mass is 16.5. The number of fused-ring (bicyclic) bond motifs is 1. The van der Waals surface area contributed by atoms with Crippen LogP contribution in [0.1, 0.15) is 37.1 Å². The molecule has 4 rings (SSSR count). The van der Waals surface area contributed by atoms with Gasteiger partial charge in [-0.05, 0) is 31.4 Å². The van der Waals surface area contributed by atoms with E-state index in [1.54, 1.807) is 12.3 Å². The molecule has 0 spiro atoms. The van der Waals surface area contributed by atoms with Crippen LogP contribution in [0.2, 0.25) is 0 Å². The first-order chi connectivity index (χ1) is 11.1. The molecule has 0 unspecified atom stereocenters. The second kappa shape index (κ2) is 4.99. The number of rotatable bonds is 2. The fourth-order valence-corrected chi connectivity index (χ4v) is 3.09. The van der Waals surface area contributed by atoms with Crippen molar-refractivity contribution in [2.45, 2.75) is 38.1 Å². The molecule has 3 aromatic rings. The lowest BCUT2D eigenvalue weighted by Crippen LogP contribution is -2.34. The van der Waals surface area contributed by atoms with Gasteiger partial charge in [-0.15, -0.1) is 0 Å². The average Bonchev–Trinajstić information content (AvgIpc) is 3.18. The maximum atomic E-state index is 12.7. The Kier molecular flexibility index (Phi) is 3.05. The van der Waals surface area contributed by atoms with Crippen molar-refractivity contribution in [2.24, 2.45) is 5.73 Å². The molecule has 3 aromatic heterocycles. The van der Waals surface area contributed by atoms with Crippen LogP contribution in [0.25, 0.3) is 17.1 Å². The van der Waals surface area contributed by atoms with Crippen LogP contribution in [0.5, 0.6) is 0 Å². The monoisotopic (exact) mass is 311 g/mol. The molecule has 0 saturated heterocycles. The van der Waals surface area contributed by atoms with E-state index in [-0.39, 0.29) is 17.0 Å². The summed E-state index contributed by atoms with van der Waals surface area (Å²) >= 11 is 0. The van der Waals surface area contributed by atoms with Crippen LogP contribution < -0.4 is 11.3 Å². The predicted molar refractivity (Wildman–Crippen MR) is 83.8 cm³/mol. The van der Waals surface area contributed by atoms with Crippen molar-refractivity contribution in [2.75, 3.05) is 0 Å². The van der Waals surface area contributed by atoms with E-state index >= 15 is 0 Å². The van der Waals surface area contributed by atoms with Crippen molar-refractivity contribution < 1.29 is 4.52 Å². The smallest absolute Gasteiger partial charge is 0.270 e. The molecular formula is C16H17N5O2. The van der Waals surface area contributed by atoms with Crippen molar-refractivity contribution in [3.05, 3.63) is 46.3 Å². The minimum absolute atomic E-state index is 0.171. The largest absolute Gasteiger partial charge is 0.334 e. The quantitative estimate of drug-likeness (QED) is 0.774. The molecule has 0 bridgehead atoms. The van der Waals surface area contributed by atoms with Crippen LogP contribution >= 0.6 is 0 Å². The standard InChI is InChI=1S/C16H17N5O2/c1-10-4-5-12-18-8-11(14(22)21(12)9-10)13-19-15(20-23-13)16(17)6-2-3-7-16/h4-5,8-9H,2-3,6-7,17H2,1H3. The van der Waals surface area contributed by atoms with Gasteiger partial charge in [0.05, 0.1) is 5.54 Å². The van der Waals surface area contributed by atoms with Crippen molar-refractivity contribution in [1.82, 2.24) is 19.5 Å². The van der Waals surface area contributed by atoms with E-state index < -0.39 is 5.54 Å². The Morgan fingerprint density at radius 3 is 2.87 bits per heavy atom. The van der Waals surface area contributed by atoms with Crippen LogP contribution in [-0.4, -0.2) is 19.5 Å². The zero-order valence-corrected chi connectivity index (χ0v) is 12.8. The Balaban J connectivity index is 1.82. The molecule has 0 radical (unpaired) electrons. The van der Waals surface area contributed by atoms with Gasteiger partial charge in [-0.25, -0.2) is 4.98 Å². The normalized spacial score (nSPS) is 17.0. The Labute approximate surface area is 132 Å². The highest BCUT2D eigenvalue weighted by Gasteiger charge is 2.36. The van der Waals surface area contributed by atoms with E-state index in [4.69, 9.17) is 10.3 Å². The van der Waals surface area contributed by atoms with E-state index in [2.05, 4.69) is 15.1 Å². The Hall–Kier alpha value is -2.54. The van der Waals surface area contributed by atoms with Gasteiger partial charge >= 0.3 is 0 Å². The third-order valence-electron chi connectivity index (χ3n) is 4.45. The van der Waals surface area contributed by atoms with Gasteiger partial charge in [-0.2, -0.15) is 4.98 Å². The lowest BCUT2D eigenvalue weighted by atomic mass is 9.99. The zero-order valence-electron chi connectivity index (χ0n) is 12.8. The summed E-state index contributed by atoms with van der Waals surface area (Å²) in [7, 11) is 0. The van der Waals surface area contributed by atoms with E-state index in [9.17, 15) is 4.79 Å². The third kappa shape index (κ3) is 2.24. The third-order valence-corrected chi connectivity index (χ3v) is 4.45. The van der Waals surface area contributed by atoms with Crippen molar-refractivity contribution in [3.63, 3.8) is 0 Å². The van der Waals surface area contributed by atoms with Crippen LogP contribution in [-0.2, 0) is 5.54 Å². The first-order valence-electron chi connectivity index (χ1n) is 7.68. The van der Waals surface area contributed by atoms with Gasteiger partial charge in [0.1, 0.15) is 11.2 Å². The molecule has 1 aliphatic carbocycles. The van der Waals surface area contributed by atoms with E-state index in [0.717, 1.165) is 31.2 Å². The van der Waals surface area contributed by atoms with Crippen LogP contribution in [0.15, 0.2) is 33.8 Å². The second-order valence-corrected chi connectivity index (χ2v) is 6.20. The summed E-state index contributed by atoms with van der Waals surface area (Å²) in [4.78, 5) is 21.3. The molecule has 0 aliphatic heterocycles. The molecule has 0 aromatic carbocycles. The summed E-state index contributed by atoms with van der Waals surface area (Å²) < 4.78 is 6.78. The fraction of sp³-hybridized carbons (Fsp3) is 0.375. The Morgan fingerprint density at radius 2 is 2.09 bits per heavy atom. The number of nitrogens with two attached hydrogens (primary N) is 1. The molecule has 23 heavy (non-hydrogen) atoms. The number of aryl methyl sites for hydroxylation is 1. The summed E-state index contributed by atoms with van der Waals surface area (Å²) in [5.41, 5.74) is 7.40. The molecule has 118 valence electrons. The maximum absolute atomic E-state index is 12.7. The number of hydrogen-bond acceptors (Lipinski definition) is 6. The number of nitrogens with zero attached hydrogens (tertiary/aromatic N) is 4. The number of pyridine rings is 1. The first-order valence-corrected chi connectivity index (χ1v) is 7.68. The molecule has 2 N–H and O–H groups in total. The lowest BCUT2D eigenvalue weighted by molar-refractivity contribution is 0.372. The first kappa shape index (κ1) is 14.1. The lowest BCUT2D eigenvalue weighted by Gasteiger charge is -2.17. The van der Waals surface area contributed by atoms with E-state index in [1.807, 2.05) is 13.0 Å². The van der Waals surface area contributed by atoms with Crippen LogP contribution in [0.4, 0.5) is 0 Å². The molecule has 0 amide bonds. The van der Waals surface area contributed by atoms with Gasteiger partial charge in [-0.1, -0.05) is 24.1 Å². The molecule has 7 heteroatoms. The minimum Gasteiger partial charge on any atom is -0.334 e. The van der Waals surface area contributed by atoms with Gasteiger partial charge in [0, 0.05) is 12.4 Å². The van der Waals surface area contributed by atoms with Crippen molar-refractivity contribution in [1.29, 1.82) is 0 Å². The summed E-state index contributed by atoms with van der Waals surface area (Å²) in [5.74, 6) is 0.642. The molecule has 3 heterocycles. The molecule has 0 atom stereocenters. The molecule has 1 saturated carbocycles. The Bertz CT molecular complexity index is 937. The summed E-state index contributed by atoms with van der Waals surface area (Å²) in [6, 6.07) is 3.71. The highest BCUT2D eigenvalue weighted by Crippen LogP contribution is 2.35. The Morgan fingerprint density at radius 1 is 1.30 bits per heavy atom. The van der Waals surface area contributed by atoms with Gasteiger partial charge in [-0.3, -0.25) is 9.20 Å². The SMILES string of the molecule is Cc1ccc2ncc(-c3nc(C4(N)CCCC4)no3)c(=O)n2c1. The molecule has 1 aliphatic rings. The van der Waals surface area contributed by atoms with Gasteiger partial charge < -0.3 is 10.3 Å². The molecule has 1 fully saturated rings. The summed E-state index contributed by atoms with van der Waals surface area (Å²) in [6.07, 6.45) is 6.99. The van der Waals surface area contributed by atoms with Gasteiger partial charge in [0.2, 0.25) is 0 Å². The fourth-order valence-electron chi connectivity index (χ4n) is 3.09. The van der Waals surface area contributed by atoms with Crippen LogP contribution in [0.3, 0.4) is 0 Å². The molecular weight excluding hydrogens is 294 g/mol. The van der Waals surface area contributed by atoms with Crippen molar-refractivity contribution >= 4 is 5.65 Å². The highest BCUT2D eigenvalue weighted by molar-refractivity contribution is 5.53. The topological polar surface area (TPSA) is 99.3 Å². The molecule has 7 nitrogen and oxygen atoms in total. The predicted octanol–water partition coefficient (Wildman–Crippen LogP) is 1.78. The van der Waals surface area contributed by atoms with E-state index in [0.29, 0.717) is 11.5 Å². The zero-order chi connectivity index (χ0) is 16.0. The maximum Gasteiger partial charge on any atom is 0.270 e. The number of aromatic nitrogens is 4. The van der Waals surface area contributed by atoms with Gasteiger partial charge in [0.25, 0.3) is 11.4 Å². The van der Waals surface area contributed by atoms with Crippen LogP contribution in [0, 0.1) is 6.92 Å². The van der Waals surface area contributed by atoms with E-state index in [1.165, 1.54) is 10.6 Å². The van der Waals surface area contributed by atoms with Crippen molar-refractivity contribution in [3.8, 4) is 11.5 Å². The second-order valence-electron chi connectivity index (χ2n) is 6.20. The number of hydrogen-bond donors (Lipinski definition) is 1. The van der Waals surface area contributed by atoms with Gasteiger partial charge in [0.15, 0.2) is 5.82 Å². The summed E-state index contributed by atoms with van der Waals surface area (Å²) in [5, 5.41) is 4.00. The average molecular weight is 311 g/mol. The minimum atomic E-state index is -0.543. The summed E-state index contributed by atoms with van der Waals surface area (Å²) in [6.45, 7) is 1.92.